The number of thioether (sulfide) groups is 1. The molecule has 0 aromatic carbocycles. The highest BCUT2D eigenvalue weighted by atomic mass is 32.2. The molecule has 0 aliphatic rings. The maximum Gasteiger partial charge on any atom is 0.188 e. The van der Waals surface area contributed by atoms with Gasteiger partial charge < -0.3 is 25.4 Å². The second-order valence-corrected chi connectivity index (χ2v) is 9.77. The summed E-state index contributed by atoms with van der Waals surface area (Å²) < 4.78 is 5.73. The Kier molecular flexibility index (Phi) is 7.27. The summed E-state index contributed by atoms with van der Waals surface area (Å²) in [6, 6.07) is 5.46. The van der Waals surface area contributed by atoms with Crippen LogP contribution in [0.1, 0.15) is 31.3 Å². The average molecular weight is 449 g/mol. The fourth-order valence-electron chi connectivity index (χ4n) is 2.39. The van der Waals surface area contributed by atoms with E-state index < -0.39 is 12.7 Å². The van der Waals surface area contributed by atoms with E-state index in [4.69, 9.17) is 9.84 Å². The smallest absolute Gasteiger partial charge is 0.188 e. The largest absolute Gasteiger partial charge is 0.452 e. The summed E-state index contributed by atoms with van der Waals surface area (Å²) in [4.78, 5) is 13.9. The number of aliphatic hydroxyl groups is 3. The van der Waals surface area contributed by atoms with Gasteiger partial charge in [-0.1, -0.05) is 0 Å². The number of hydrogen-bond acceptors (Lipinski definition) is 10. The van der Waals surface area contributed by atoms with Crippen molar-refractivity contribution in [2.24, 2.45) is 0 Å². The van der Waals surface area contributed by atoms with Crippen LogP contribution in [0, 0.1) is 6.92 Å². The lowest BCUT2D eigenvalue weighted by atomic mass is 10.2. The second-order valence-electron chi connectivity index (χ2n) is 7.13. The Morgan fingerprint density at radius 3 is 2.77 bits per heavy atom. The van der Waals surface area contributed by atoms with Crippen LogP contribution in [0.5, 0.6) is 11.5 Å². The molecule has 160 valence electrons. The number of aromatic nitrogens is 3. The van der Waals surface area contributed by atoms with Gasteiger partial charge in [-0.15, -0.1) is 23.1 Å². The van der Waals surface area contributed by atoms with Gasteiger partial charge in [0.2, 0.25) is 0 Å². The predicted molar refractivity (Wildman–Crippen MR) is 118 cm³/mol. The van der Waals surface area contributed by atoms with Gasteiger partial charge in [0.25, 0.3) is 0 Å². The van der Waals surface area contributed by atoms with Crippen LogP contribution < -0.4 is 10.1 Å². The molecule has 0 spiro atoms. The van der Waals surface area contributed by atoms with E-state index in [2.05, 4.69) is 20.3 Å². The zero-order valence-electron chi connectivity index (χ0n) is 16.9. The molecular weight excluding hydrogens is 424 g/mol. The highest BCUT2D eigenvalue weighted by Crippen LogP contribution is 2.38. The van der Waals surface area contributed by atoms with Crippen molar-refractivity contribution in [3.63, 3.8) is 0 Å². The predicted octanol–water partition coefficient (Wildman–Crippen LogP) is 3.67. The van der Waals surface area contributed by atoms with Gasteiger partial charge in [-0.05, 0) is 39.0 Å². The van der Waals surface area contributed by atoms with E-state index in [9.17, 15) is 10.2 Å². The number of nitrogens with zero attached hydrogens (tertiary/aromatic N) is 3. The standard InChI is InChI=1S/C20H24N4O4S2/c1-12-16(5-4-6-21-12)28-17-7-13(30-20(2,3)11-26)8-22-18(17)24-19-23-14(10-29-19)15(27)9-25/h4-8,10,15,25-27H,9,11H2,1-3H3,(H,22,23,24). The lowest BCUT2D eigenvalue weighted by molar-refractivity contribution is 0.0928. The minimum atomic E-state index is -1.03. The van der Waals surface area contributed by atoms with Gasteiger partial charge >= 0.3 is 0 Å². The number of hydrogen-bond donors (Lipinski definition) is 4. The fourth-order valence-corrected chi connectivity index (χ4v) is 4.12. The molecule has 4 N–H and O–H groups in total. The first kappa shape index (κ1) is 22.4. The minimum absolute atomic E-state index is 0.0185. The number of nitrogens with one attached hydrogen (secondary N) is 1. The first-order valence-corrected chi connectivity index (χ1v) is 10.9. The van der Waals surface area contributed by atoms with Gasteiger partial charge in [-0.3, -0.25) is 4.98 Å². The Morgan fingerprint density at radius 2 is 2.07 bits per heavy atom. The topological polar surface area (TPSA) is 121 Å². The Balaban J connectivity index is 1.92. The molecule has 3 aromatic rings. The monoisotopic (exact) mass is 448 g/mol. The molecule has 0 bridgehead atoms. The summed E-state index contributed by atoms with van der Waals surface area (Å²) in [5.74, 6) is 1.52. The summed E-state index contributed by atoms with van der Waals surface area (Å²) in [7, 11) is 0. The van der Waals surface area contributed by atoms with Crippen molar-refractivity contribution < 1.29 is 20.1 Å². The minimum Gasteiger partial charge on any atom is -0.452 e. The molecule has 0 fully saturated rings. The van der Waals surface area contributed by atoms with Crippen molar-refractivity contribution in [1.29, 1.82) is 0 Å². The van der Waals surface area contributed by atoms with E-state index in [-0.39, 0.29) is 11.4 Å². The van der Waals surface area contributed by atoms with Crippen LogP contribution in [0.4, 0.5) is 10.9 Å². The van der Waals surface area contributed by atoms with Gasteiger partial charge in [-0.25, -0.2) is 9.97 Å². The average Bonchev–Trinajstić information content (AvgIpc) is 3.19. The first-order valence-electron chi connectivity index (χ1n) is 9.22. The Labute approximate surface area is 183 Å². The lowest BCUT2D eigenvalue weighted by Gasteiger charge is -2.21. The number of anilines is 2. The van der Waals surface area contributed by atoms with Crippen molar-refractivity contribution >= 4 is 34.0 Å². The van der Waals surface area contributed by atoms with Crippen LogP contribution in [0.2, 0.25) is 0 Å². The number of aryl methyl sites for hydroxylation is 1. The zero-order valence-corrected chi connectivity index (χ0v) is 18.5. The van der Waals surface area contributed by atoms with Crippen LogP contribution in [0.25, 0.3) is 0 Å². The Bertz CT molecular complexity index is 996. The lowest BCUT2D eigenvalue weighted by Crippen LogP contribution is -2.19. The number of pyridine rings is 2. The molecular formula is C20H24N4O4S2. The molecule has 1 unspecified atom stereocenters. The molecule has 0 amide bonds. The molecule has 3 heterocycles. The van der Waals surface area contributed by atoms with Gasteiger partial charge in [-0.2, -0.15) is 0 Å². The molecule has 0 saturated heterocycles. The molecule has 0 aliphatic heterocycles. The van der Waals surface area contributed by atoms with E-state index in [0.29, 0.717) is 28.1 Å². The molecule has 0 aliphatic carbocycles. The van der Waals surface area contributed by atoms with Crippen LogP contribution in [0.3, 0.4) is 0 Å². The normalized spacial score (nSPS) is 12.6. The van der Waals surface area contributed by atoms with Crippen molar-refractivity contribution in [1.82, 2.24) is 15.0 Å². The number of thiazole rings is 1. The molecule has 0 radical (unpaired) electrons. The maximum absolute atomic E-state index is 9.75. The maximum atomic E-state index is 9.75. The van der Waals surface area contributed by atoms with Gasteiger partial charge in [0.15, 0.2) is 16.7 Å². The third-order valence-electron chi connectivity index (χ3n) is 4.04. The summed E-state index contributed by atoms with van der Waals surface area (Å²) in [6.07, 6.45) is 2.36. The molecule has 1 atom stereocenters. The molecule has 0 saturated carbocycles. The molecule has 3 rings (SSSR count). The fraction of sp³-hybridized carbons (Fsp3) is 0.350. The number of ether oxygens (including phenoxy) is 1. The highest BCUT2D eigenvalue weighted by molar-refractivity contribution is 8.00. The summed E-state index contributed by atoms with van der Waals surface area (Å²) in [6.45, 7) is 5.36. The summed E-state index contributed by atoms with van der Waals surface area (Å²) in [5.41, 5.74) is 1.12. The van der Waals surface area contributed by atoms with Crippen molar-refractivity contribution in [3.8, 4) is 11.5 Å². The van der Waals surface area contributed by atoms with E-state index in [1.807, 2.05) is 32.9 Å². The third-order valence-corrected chi connectivity index (χ3v) is 5.96. The Morgan fingerprint density at radius 1 is 1.27 bits per heavy atom. The zero-order chi connectivity index (χ0) is 21.7. The first-order chi connectivity index (χ1) is 14.3. The van der Waals surface area contributed by atoms with Crippen LogP contribution >= 0.6 is 23.1 Å². The highest BCUT2D eigenvalue weighted by Gasteiger charge is 2.20. The third kappa shape index (κ3) is 5.67. The molecule has 8 nitrogen and oxygen atoms in total. The van der Waals surface area contributed by atoms with Gasteiger partial charge in [0.05, 0.1) is 24.6 Å². The van der Waals surface area contributed by atoms with Gasteiger partial charge in [0, 0.05) is 27.4 Å². The second kappa shape index (κ2) is 9.71. The van der Waals surface area contributed by atoms with E-state index in [1.165, 1.54) is 23.1 Å². The quantitative estimate of drug-likeness (QED) is 0.363. The van der Waals surface area contributed by atoms with Crippen molar-refractivity contribution in [3.05, 3.63) is 47.4 Å². The van der Waals surface area contributed by atoms with Gasteiger partial charge in [0.1, 0.15) is 11.9 Å². The summed E-state index contributed by atoms with van der Waals surface area (Å²) in [5, 5.41) is 33.7. The van der Waals surface area contributed by atoms with Crippen molar-refractivity contribution in [2.45, 2.75) is 36.5 Å². The molecule has 10 heteroatoms. The number of rotatable bonds is 9. The molecule has 3 aromatic heterocycles. The SMILES string of the molecule is Cc1ncccc1Oc1cc(SC(C)(C)CO)cnc1Nc1nc(C(O)CO)cs1. The van der Waals surface area contributed by atoms with Crippen LogP contribution in [-0.2, 0) is 0 Å². The van der Waals surface area contributed by atoms with Crippen LogP contribution in [-0.4, -0.2) is 48.2 Å². The summed E-state index contributed by atoms with van der Waals surface area (Å²) >= 11 is 2.78. The van der Waals surface area contributed by atoms with Crippen molar-refractivity contribution in [2.75, 3.05) is 18.5 Å². The van der Waals surface area contributed by atoms with E-state index >= 15 is 0 Å². The van der Waals surface area contributed by atoms with E-state index in [0.717, 1.165) is 10.6 Å². The van der Waals surface area contributed by atoms with Crippen LogP contribution in [0.15, 0.2) is 40.9 Å². The molecule has 30 heavy (non-hydrogen) atoms. The van der Waals surface area contributed by atoms with E-state index in [1.54, 1.807) is 23.8 Å². The number of aliphatic hydroxyl groups excluding tert-OH is 3. The Hall–Kier alpha value is -2.24.